The van der Waals surface area contributed by atoms with Crippen LogP contribution in [-0.2, 0) is 9.53 Å². The molecule has 1 atom stereocenters. The summed E-state index contributed by atoms with van der Waals surface area (Å²) in [6.45, 7) is 5.25. The van der Waals surface area contributed by atoms with E-state index in [1.807, 2.05) is 11.8 Å². The molecule has 1 heterocycles. The van der Waals surface area contributed by atoms with Crippen molar-refractivity contribution in [1.82, 2.24) is 4.90 Å². The van der Waals surface area contributed by atoms with Gasteiger partial charge in [-0.15, -0.1) is 0 Å². The van der Waals surface area contributed by atoms with Gasteiger partial charge in [-0.25, -0.2) is 0 Å². The molecule has 82 valence electrons. The molecule has 0 aliphatic carbocycles. The topological polar surface area (TPSA) is 29.5 Å². The van der Waals surface area contributed by atoms with Crippen LogP contribution in [0.4, 0.5) is 0 Å². The van der Waals surface area contributed by atoms with E-state index >= 15 is 0 Å². The van der Waals surface area contributed by atoms with E-state index in [4.69, 9.17) is 4.74 Å². The Morgan fingerprint density at radius 3 is 3.14 bits per heavy atom. The number of likely N-dealkylation sites (tertiary alicyclic amines) is 1. The highest BCUT2D eigenvalue weighted by atomic mass is 79.9. The Labute approximate surface area is 93.9 Å². The van der Waals surface area contributed by atoms with E-state index in [-0.39, 0.29) is 10.7 Å². The van der Waals surface area contributed by atoms with Crippen LogP contribution in [0.1, 0.15) is 26.2 Å². The molecule has 0 bridgehead atoms. The van der Waals surface area contributed by atoms with Crippen LogP contribution in [0.15, 0.2) is 0 Å². The second kappa shape index (κ2) is 6.40. The third kappa shape index (κ3) is 3.58. The smallest absolute Gasteiger partial charge is 0.236 e. The third-order valence-corrected chi connectivity index (χ3v) is 3.24. The lowest BCUT2D eigenvalue weighted by molar-refractivity contribution is -0.132. The SMILES string of the molecule is CCOCCCN1CCCC(Br)C1=O. The fraction of sp³-hybridized carbons (Fsp3) is 0.900. The summed E-state index contributed by atoms with van der Waals surface area (Å²) in [4.78, 5) is 13.6. The number of halogens is 1. The van der Waals surface area contributed by atoms with Gasteiger partial charge in [-0.2, -0.15) is 0 Å². The Balaban J connectivity index is 2.19. The van der Waals surface area contributed by atoms with Gasteiger partial charge in [0.15, 0.2) is 0 Å². The maximum atomic E-state index is 11.6. The fourth-order valence-corrected chi connectivity index (χ4v) is 2.23. The molecule has 1 rings (SSSR count). The fourth-order valence-electron chi connectivity index (χ4n) is 1.62. The Bertz CT molecular complexity index is 187. The summed E-state index contributed by atoms with van der Waals surface area (Å²) in [5.41, 5.74) is 0. The third-order valence-electron chi connectivity index (χ3n) is 2.39. The number of carbonyl (C=O) groups is 1. The predicted octanol–water partition coefficient (Wildman–Crippen LogP) is 1.80. The van der Waals surface area contributed by atoms with Gasteiger partial charge in [0.05, 0.1) is 4.83 Å². The molecule has 0 aromatic rings. The molecule has 0 N–H and O–H groups in total. The Hall–Kier alpha value is -0.0900. The van der Waals surface area contributed by atoms with Crippen molar-refractivity contribution in [3.8, 4) is 0 Å². The van der Waals surface area contributed by atoms with Gasteiger partial charge in [0.25, 0.3) is 0 Å². The van der Waals surface area contributed by atoms with Crippen LogP contribution < -0.4 is 0 Å². The van der Waals surface area contributed by atoms with Gasteiger partial charge in [-0.3, -0.25) is 4.79 Å². The molecule has 1 unspecified atom stereocenters. The number of hydrogen-bond donors (Lipinski definition) is 0. The van der Waals surface area contributed by atoms with Crippen molar-refractivity contribution in [3.63, 3.8) is 0 Å². The summed E-state index contributed by atoms with van der Waals surface area (Å²) in [6.07, 6.45) is 3.02. The van der Waals surface area contributed by atoms with Gasteiger partial charge in [-0.05, 0) is 26.2 Å². The monoisotopic (exact) mass is 263 g/mol. The highest BCUT2D eigenvalue weighted by molar-refractivity contribution is 9.10. The van der Waals surface area contributed by atoms with Gasteiger partial charge < -0.3 is 9.64 Å². The first-order chi connectivity index (χ1) is 6.75. The molecule has 3 nitrogen and oxygen atoms in total. The number of piperidine rings is 1. The van der Waals surface area contributed by atoms with E-state index in [9.17, 15) is 4.79 Å². The summed E-state index contributed by atoms with van der Waals surface area (Å²) >= 11 is 3.39. The molecule has 1 fully saturated rings. The first-order valence-corrected chi connectivity index (χ1v) is 6.18. The van der Waals surface area contributed by atoms with Crippen molar-refractivity contribution < 1.29 is 9.53 Å². The van der Waals surface area contributed by atoms with E-state index in [1.54, 1.807) is 0 Å². The van der Waals surface area contributed by atoms with E-state index in [0.717, 1.165) is 45.6 Å². The van der Waals surface area contributed by atoms with Gasteiger partial charge in [0, 0.05) is 26.3 Å². The largest absolute Gasteiger partial charge is 0.382 e. The Morgan fingerprint density at radius 1 is 1.64 bits per heavy atom. The number of rotatable bonds is 5. The molecule has 0 aromatic heterocycles. The van der Waals surface area contributed by atoms with Crippen LogP contribution >= 0.6 is 15.9 Å². The molecule has 0 saturated carbocycles. The van der Waals surface area contributed by atoms with Gasteiger partial charge >= 0.3 is 0 Å². The second-order valence-electron chi connectivity index (χ2n) is 3.49. The molecule has 1 aliphatic rings. The van der Waals surface area contributed by atoms with Crippen LogP contribution in [-0.4, -0.2) is 41.9 Å². The minimum Gasteiger partial charge on any atom is -0.382 e. The maximum absolute atomic E-state index is 11.6. The number of carbonyl (C=O) groups excluding carboxylic acids is 1. The minimum absolute atomic E-state index is 0.0448. The van der Waals surface area contributed by atoms with Crippen LogP contribution in [0.2, 0.25) is 0 Å². The summed E-state index contributed by atoms with van der Waals surface area (Å²) in [5.74, 6) is 0.243. The van der Waals surface area contributed by atoms with Crippen molar-refractivity contribution in [2.24, 2.45) is 0 Å². The summed E-state index contributed by atoms with van der Waals surface area (Å²) in [5, 5.41) is 0. The first kappa shape index (κ1) is 12.0. The summed E-state index contributed by atoms with van der Waals surface area (Å²) in [7, 11) is 0. The molecular weight excluding hydrogens is 246 g/mol. The van der Waals surface area contributed by atoms with E-state index in [0.29, 0.717) is 0 Å². The van der Waals surface area contributed by atoms with E-state index < -0.39 is 0 Å². The second-order valence-corrected chi connectivity index (χ2v) is 4.59. The normalized spacial score (nSPS) is 22.9. The van der Waals surface area contributed by atoms with Gasteiger partial charge in [0.2, 0.25) is 5.91 Å². The standard InChI is InChI=1S/C10H18BrNO2/c1-2-14-8-4-7-12-6-3-5-9(11)10(12)13/h9H,2-8H2,1H3. The van der Waals surface area contributed by atoms with Crippen LogP contribution in [0.3, 0.4) is 0 Å². The quantitative estimate of drug-likeness (QED) is 0.559. The van der Waals surface area contributed by atoms with Crippen molar-refractivity contribution >= 4 is 21.8 Å². The molecule has 4 heteroatoms. The molecule has 1 amide bonds. The van der Waals surface area contributed by atoms with Crippen LogP contribution in [0, 0.1) is 0 Å². The minimum atomic E-state index is 0.0448. The Kier molecular flexibility index (Phi) is 5.48. The zero-order valence-corrected chi connectivity index (χ0v) is 10.3. The average molecular weight is 264 g/mol. The van der Waals surface area contributed by atoms with Crippen molar-refractivity contribution in [2.45, 2.75) is 31.0 Å². The maximum Gasteiger partial charge on any atom is 0.236 e. The number of alkyl halides is 1. The number of nitrogens with zero attached hydrogens (tertiary/aromatic N) is 1. The number of ether oxygens (including phenoxy) is 1. The molecule has 0 spiro atoms. The van der Waals surface area contributed by atoms with Crippen molar-refractivity contribution in [1.29, 1.82) is 0 Å². The van der Waals surface area contributed by atoms with E-state index in [1.165, 1.54) is 0 Å². The molecular formula is C10H18BrNO2. The van der Waals surface area contributed by atoms with Crippen LogP contribution in [0.25, 0.3) is 0 Å². The number of amides is 1. The highest BCUT2D eigenvalue weighted by Crippen LogP contribution is 2.18. The summed E-state index contributed by atoms with van der Waals surface area (Å²) in [6, 6.07) is 0. The highest BCUT2D eigenvalue weighted by Gasteiger charge is 2.25. The zero-order chi connectivity index (χ0) is 10.4. The van der Waals surface area contributed by atoms with E-state index in [2.05, 4.69) is 15.9 Å². The number of hydrogen-bond acceptors (Lipinski definition) is 2. The summed E-state index contributed by atoms with van der Waals surface area (Å²) < 4.78 is 5.24. The molecule has 1 saturated heterocycles. The average Bonchev–Trinajstić information content (AvgIpc) is 2.19. The lowest BCUT2D eigenvalue weighted by atomic mass is 10.1. The van der Waals surface area contributed by atoms with Crippen molar-refractivity contribution in [3.05, 3.63) is 0 Å². The molecule has 14 heavy (non-hydrogen) atoms. The zero-order valence-electron chi connectivity index (χ0n) is 8.67. The van der Waals surface area contributed by atoms with Crippen molar-refractivity contribution in [2.75, 3.05) is 26.3 Å². The van der Waals surface area contributed by atoms with Gasteiger partial charge in [0.1, 0.15) is 0 Å². The Morgan fingerprint density at radius 2 is 2.43 bits per heavy atom. The lowest BCUT2D eigenvalue weighted by Gasteiger charge is -2.29. The molecule has 0 aromatic carbocycles. The first-order valence-electron chi connectivity index (χ1n) is 5.26. The predicted molar refractivity (Wildman–Crippen MR) is 59.6 cm³/mol. The van der Waals surface area contributed by atoms with Gasteiger partial charge in [-0.1, -0.05) is 15.9 Å². The van der Waals surface area contributed by atoms with Crippen LogP contribution in [0.5, 0.6) is 0 Å². The lowest BCUT2D eigenvalue weighted by Crippen LogP contribution is -2.42. The molecule has 0 radical (unpaired) electrons. The molecule has 1 aliphatic heterocycles.